The van der Waals surface area contributed by atoms with Crippen molar-refractivity contribution in [3.63, 3.8) is 0 Å². The van der Waals surface area contributed by atoms with Gasteiger partial charge in [0, 0.05) is 16.2 Å². The summed E-state index contributed by atoms with van der Waals surface area (Å²) in [5, 5.41) is 0. The molecule has 1 aliphatic rings. The number of amides is 1. The molecule has 2 aromatic carbocycles. The predicted octanol–water partition coefficient (Wildman–Crippen LogP) is 3.62. The van der Waals surface area contributed by atoms with Crippen LogP contribution in [0.5, 0.6) is 5.75 Å². The fourth-order valence-corrected chi connectivity index (χ4v) is 3.28. The van der Waals surface area contributed by atoms with Gasteiger partial charge in [-0.15, -0.1) is 0 Å². The first-order valence-corrected chi connectivity index (χ1v) is 8.17. The van der Waals surface area contributed by atoms with Crippen LogP contribution in [0, 0.1) is 0 Å². The van der Waals surface area contributed by atoms with Crippen LogP contribution in [0.4, 0.5) is 5.69 Å². The van der Waals surface area contributed by atoms with Gasteiger partial charge >= 0.3 is 0 Å². The molecule has 0 N–H and O–H groups in total. The second-order valence-electron chi connectivity index (χ2n) is 5.53. The van der Waals surface area contributed by atoms with Gasteiger partial charge in [-0.1, -0.05) is 34.1 Å². The molecule has 0 fully saturated rings. The first-order chi connectivity index (χ1) is 11.1. The van der Waals surface area contributed by atoms with Crippen LogP contribution in [0.1, 0.15) is 22.8 Å². The lowest BCUT2D eigenvalue weighted by molar-refractivity contribution is -0.120. The van der Waals surface area contributed by atoms with Crippen molar-refractivity contribution >= 4 is 33.8 Å². The van der Waals surface area contributed by atoms with Gasteiger partial charge in [0.1, 0.15) is 5.75 Å². The van der Waals surface area contributed by atoms with E-state index in [1.54, 1.807) is 23.1 Å². The molecule has 0 aromatic heterocycles. The molecule has 0 unspecified atom stereocenters. The Kier molecular flexibility index (Phi) is 4.48. The lowest BCUT2D eigenvalue weighted by Gasteiger charge is -2.23. The number of hydrogen-bond donors (Lipinski definition) is 0. The summed E-state index contributed by atoms with van der Waals surface area (Å²) in [5.41, 5.74) is 2.53. The second-order valence-corrected chi connectivity index (χ2v) is 6.45. The van der Waals surface area contributed by atoms with E-state index in [2.05, 4.69) is 15.9 Å². The summed E-state index contributed by atoms with van der Waals surface area (Å²) >= 11 is 3.31. The average Bonchev–Trinajstić information content (AvgIpc) is 2.89. The number of carbonyl (C=O) groups excluding carboxylic acids is 2. The summed E-state index contributed by atoms with van der Waals surface area (Å²) in [6.07, 6.45) is 1.57. The maximum atomic E-state index is 12.6. The Balaban J connectivity index is 1.74. The molecule has 23 heavy (non-hydrogen) atoms. The minimum absolute atomic E-state index is 0.0961. The Morgan fingerprint density at radius 3 is 2.91 bits per heavy atom. The van der Waals surface area contributed by atoms with Gasteiger partial charge in [0.05, 0.1) is 5.56 Å². The van der Waals surface area contributed by atoms with E-state index in [1.165, 1.54) is 5.56 Å². The summed E-state index contributed by atoms with van der Waals surface area (Å²) in [6.45, 7) is 1.93. The number of hydrogen-bond acceptors (Lipinski definition) is 3. The van der Waals surface area contributed by atoms with Gasteiger partial charge in [0.15, 0.2) is 12.9 Å². The zero-order chi connectivity index (χ0) is 16.4. The molecule has 0 bridgehead atoms. The molecule has 0 saturated heterocycles. The minimum Gasteiger partial charge on any atom is -0.483 e. The second kappa shape index (κ2) is 6.54. The molecular formula is C18H16BrNO3. The van der Waals surface area contributed by atoms with Crippen LogP contribution in [0.25, 0.3) is 0 Å². The molecule has 0 saturated carbocycles. The maximum Gasteiger partial charge on any atom is 0.265 e. The zero-order valence-corrected chi connectivity index (χ0v) is 14.2. The molecule has 5 heteroatoms. The molecule has 118 valence electrons. The quantitative estimate of drug-likeness (QED) is 0.768. The number of para-hydroxylation sites is 1. The van der Waals surface area contributed by atoms with Crippen LogP contribution in [0.2, 0.25) is 0 Å². The first kappa shape index (κ1) is 15.7. The van der Waals surface area contributed by atoms with E-state index in [0.717, 1.165) is 22.9 Å². The summed E-state index contributed by atoms with van der Waals surface area (Å²) in [6, 6.07) is 13.1. The molecule has 1 heterocycles. The number of anilines is 1. The van der Waals surface area contributed by atoms with Crippen molar-refractivity contribution in [1.29, 1.82) is 0 Å². The third-order valence-corrected chi connectivity index (χ3v) is 4.42. The Labute approximate surface area is 143 Å². The summed E-state index contributed by atoms with van der Waals surface area (Å²) < 4.78 is 6.37. The summed E-state index contributed by atoms with van der Waals surface area (Å²) in [5.74, 6) is 0.305. The van der Waals surface area contributed by atoms with Crippen LogP contribution in [0.3, 0.4) is 0 Å². The van der Waals surface area contributed by atoms with E-state index in [0.29, 0.717) is 11.3 Å². The van der Waals surface area contributed by atoms with Gasteiger partial charge in [0.25, 0.3) is 5.91 Å². The third-order valence-electron chi connectivity index (χ3n) is 3.93. The highest BCUT2D eigenvalue weighted by molar-refractivity contribution is 9.10. The van der Waals surface area contributed by atoms with Crippen molar-refractivity contribution in [2.45, 2.75) is 19.4 Å². The lowest BCUT2D eigenvalue weighted by Crippen LogP contribution is -2.39. The highest BCUT2D eigenvalue weighted by Gasteiger charge is 2.30. The van der Waals surface area contributed by atoms with Crippen LogP contribution in [-0.2, 0) is 11.2 Å². The van der Waals surface area contributed by atoms with Crippen molar-refractivity contribution in [3.8, 4) is 5.75 Å². The van der Waals surface area contributed by atoms with Crippen LogP contribution in [0.15, 0.2) is 46.9 Å². The average molecular weight is 374 g/mol. The van der Waals surface area contributed by atoms with E-state index in [4.69, 9.17) is 4.74 Å². The predicted molar refractivity (Wildman–Crippen MR) is 92.1 cm³/mol. The first-order valence-electron chi connectivity index (χ1n) is 7.37. The molecule has 4 nitrogen and oxygen atoms in total. The number of fused-ring (bicyclic) bond motifs is 1. The van der Waals surface area contributed by atoms with E-state index in [1.807, 2.05) is 31.2 Å². The largest absolute Gasteiger partial charge is 0.483 e. The molecule has 0 radical (unpaired) electrons. The molecule has 1 atom stereocenters. The smallest absolute Gasteiger partial charge is 0.265 e. The highest BCUT2D eigenvalue weighted by atomic mass is 79.9. The fourth-order valence-electron chi connectivity index (χ4n) is 2.90. The van der Waals surface area contributed by atoms with E-state index < -0.39 is 0 Å². The molecule has 3 rings (SSSR count). The maximum absolute atomic E-state index is 12.6. The van der Waals surface area contributed by atoms with Gasteiger partial charge in [-0.2, -0.15) is 0 Å². The molecule has 0 spiro atoms. The third kappa shape index (κ3) is 3.15. The normalized spacial score (nSPS) is 16.1. The van der Waals surface area contributed by atoms with E-state index >= 15 is 0 Å². The van der Waals surface area contributed by atoms with Crippen molar-refractivity contribution in [3.05, 3.63) is 58.1 Å². The standard InChI is InChI=1S/C18H16BrNO3/c1-12-8-13-4-2-3-5-16(13)20(12)18(22)11-23-17-7-6-15(19)9-14(17)10-21/h2-7,9-10,12H,8,11H2,1H3/t12-/m1/s1. The van der Waals surface area contributed by atoms with Crippen LogP contribution in [-0.4, -0.2) is 24.8 Å². The number of halogens is 1. The van der Waals surface area contributed by atoms with Crippen LogP contribution < -0.4 is 9.64 Å². The minimum atomic E-state index is -0.109. The van der Waals surface area contributed by atoms with Gasteiger partial charge in [-0.05, 0) is 43.2 Å². The lowest BCUT2D eigenvalue weighted by atomic mass is 10.1. The molecule has 1 amide bonds. The summed E-state index contributed by atoms with van der Waals surface area (Å²) in [4.78, 5) is 25.4. The number of ether oxygens (including phenoxy) is 1. The monoisotopic (exact) mass is 373 g/mol. The van der Waals surface area contributed by atoms with Gasteiger partial charge < -0.3 is 9.64 Å². The Bertz CT molecular complexity index is 760. The molecule has 1 aliphatic heterocycles. The van der Waals surface area contributed by atoms with Crippen molar-refractivity contribution in [1.82, 2.24) is 0 Å². The van der Waals surface area contributed by atoms with Gasteiger partial charge in [0.2, 0.25) is 0 Å². The van der Waals surface area contributed by atoms with Gasteiger partial charge in [-0.3, -0.25) is 9.59 Å². The van der Waals surface area contributed by atoms with E-state index in [-0.39, 0.29) is 18.6 Å². The summed E-state index contributed by atoms with van der Waals surface area (Å²) in [7, 11) is 0. The number of aldehydes is 1. The Hall–Kier alpha value is -2.14. The van der Waals surface area contributed by atoms with Crippen molar-refractivity contribution in [2.24, 2.45) is 0 Å². The Morgan fingerprint density at radius 2 is 2.13 bits per heavy atom. The number of nitrogens with zero attached hydrogens (tertiary/aromatic N) is 1. The number of carbonyl (C=O) groups is 2. The zero-order valence-electron chi connectivity index (χ0n) is 12.7. The number of rotatable bonds is 4. The molecular weight excluding hydrogens is 358 g/mol. The number of benzene rings is 2. The van der Waals surface area contributed by atoms with Crippen molar-refractivity contribution in [2.75, 3.05) is 11.5 Å². The van der Waals surface area contributed by atoms with Crippen LogP contribution >= 0.6 is 15.9 Å². The highest BCUT2D eigenvalue weighted by Crippen LogP contribution is 2.32. The Morgan fingerprint density at radius 1 is 1.35 bits per heavy atom. The fraction of sp³-hybridized carbons (Fsp3) is 0.222. The molecule has 0 aliphatic carbocycles. The molecule has 2 aromatic rings. The topological polar surface area (TPSA) is 46.6 Å². The van der Waals surface area contributed by atoms with E-state index in [9.17, 15) is 9.59 Å². The van der Waals surface area contributed by atoms with Crippen molar-refractivity contribution < 1.29 is 14.3 Å². The SMILES string of the molecule is C[C@@H]1Cc2ccccc2N1C(=O)COc1ccc(Br)cc1C=O. The van der Waals surface area contributed by atoms with Gasteiger partial charge in [-0.25, -0.2) is 0 Å².